The summed E-state index contributed by atoms with van der Waals surface area (Å²) < 4.78 is 16.0. The van der Waals surface area contributed by atoms with Crippen LogP contribution < -0.4 is 10.1 Å². The van der Waals surface area contributed by atoms with Crippen LogP contribution in [0, 0.1) is 6.92 Å². The normalized spacial score (nSPS) is 12.7. The van der Waals surface area contributed by atoms with E-state index in [9.17, 15) is 4.79 Å². The molecule has 1 amide bonds. The summed E-state index contributed by atoms with van der Waals surface area (Å²) in [5.74, 6) is 1.27. The quantitative estimate of drug-likeness (QED) is 0.790. The van der Waals surface area contributed by atoms with E-state index in [0.717, 1.165) is 5.56 Å². The molecule has 1 N–H and O–H groups in total. The molecular weight excluding hydrogens is 322 g/mol. The first-order valence-electron chi connectivity index (χ1n) is 8.20. The van der Waals surface area contributed by atoms with Crippen LogP contribution in [-0.2, 0) is 16.0 Å². The van der Waals surface area contributed by atoms with Crippen molar-refractivity contribution >= 4 is 5.91 Å². The van der Waals surface area contributed by atoms with Crippen LogP contribution in [0.15, 0.2) is 28.8 Å². The molecule has 1 aromatic heterocycles. The van der Waals surface area contributed by atoms with E-state index in [2.05, 4.69) is 15.5 Å². The molecule has 0 aliphatic carbocycles. The number of amides is 1. The van der Waals surface area contributed by atoms with Crippen LogP contribution in [-0.4, -0.2) is 35.4 Å². The van der Waals surface area contributed by atoms with Crippen LogP contribution in [0.1, 0.15) is 44.1 Å². The van der Waals surface area contributed by atoms with Crippen LogP contribution >= 0.6 is 0 Å². The summed E-state index contributed by atoms with van der Waals surface area (Å²) in [4.78, 5) is 16.8. The van der Waals surface area contributed by atoms with Crippen molar-refractivity contribution in [3.8, 4) is 5.75 Å². The minimum absolute atomic E-state index is 0.266. The van der Waals surface area contributed by atoms with Gasteiger partial charge in [-0.2, -0.15) is 4.98 Å². The van der Waals surface area contributed by atoms with Crippen molar-refractivity contribution < 1.29 is 18.8 Å². The smallest absolute Gasteiger partial charge is 0.264 e. The molecule has 1 aromatic carbocycles. The molecule has 0 fully saturated rings. The lowest BCUT2D eigenvalue weighted by atomic mass is 10.1. The van der Waals surface area contributed by atoms with Gasteiger partial charge in [0, 0.05) is 13.5 Å². The first-order valence-corrected chi connectivity index (χ1v) is 8.20. The Labute approximate surface area is 147 Å². The lowest BCUT2D eigenvalue weighted by Gasteiger charge is -2.26. The van der Waals surface area contributed by atoms with Gasteiger partial charge in [0.2, 0.25) is 5.89 Å². The standard InChI is InChI=1S/C18H25N3O4/c1-12-6-8-14(9-7-12)24-18(3,4)17(22)19-13(2)16-20-15(21-25-16)10-11-23-5/h6-9,13H,10-11H2,1-5H3,(H,19,22)/t13-/m1/s1. The molecule has 0 saturated carbocycles. The Morgan fingerprint density at radius 2 is 2.00 bits per heavy atom. The van der Waals surface area contributed by atoms with Gasteiger partial charge in [0.25, 0.3) is 5.91 Å². The highest BCUT2D eigenvalue weighted by Crippen LogP contribution is 2.20. The van der Waals surface area contributed by atoms with Crippen molar-refractivity contribution in [1.82, 2.24) is 15.5 Å². The summed E-state index contributed by atoms with van der Waals surface area (Å²) in [5, 5.41) is 6.72. The molecule has 2 rings (SSSR count). The Bertz CT molecular complexity index is 695. The largest absolute Gasteiger partial charge is 0.478 e. The number of benzene rings is 1. The number of ether oxygens (including phenoxy) is 2. The molecule has 136 valence electrons. The van der Waals surface area contributed by atoms with Gasteiger partial charge in [-0.1, -0.05) is 22.9 Å². The molecule has 0 bridgehead atoms. The fraction of sp³-hybridized carbons (Fsp3) is 0.500. The number of hydrogen-bond acceptors (Lipinski definition) is 6. The number of nitrogens with one attached hydrogen (secondary N) is 1. The fourth-order valence-corrected chi connectivity index (χ4v) is 2.12. The van der Waals surface area contributed by atoms with Gasteiger partial charge in [0.05, 0.1) is 6.61 Å². The molecule has 7 heteroatoms. The zero-order valence-corrected chi connectivity index (χ0v) is 15.3. The van der Waals surface area contributed by atoms with Crippen molar-refractivity contribution in [2.75, 3.05) is 13.7 Å². The number of hydrogen-bond donors (Lipinski definition) is 1. The highest BCUT2D eigenvalue weighted by Gasteiger charge is 2.32. The van der Waals surface area contributed by atoms with Crippen molar-refractivity contribution in [2.24, 2.45) is 0 Å². The third kappa shape index (κ3) is 5.29. The Morgan fingerprint density at radius 3 is 2.64 bits per heavy atom. The molecule has 0 aliphatic rings. The van der Waals surface area contributed by atoms with Crippen molar-refractivity contribution in [3.05, 3.63) is 41.5 Å². The van der Waals surface area contributed by atoms with Gasteiger partial charge in [-0.05, 0) is 39.8 Å². The summed E-state index contributed by atoms with van der Waals surface area (Å²) in [7, 11) is 1.61. The Kier molecular flexibility index (Phi) is 6.14. The van der Waals surface area contributed by atoms with Crippen molar-refractivity contribution in [1.29, 1.82) is 0 Å². The second-order valence-electron chi connectivity index (χ2n) is 6.41. The molecule has 1 atom stereocenters. The second kappa shape index (κ2) is 8.11. The maximum atomic E-state index is 12.6. The van der Waals surface area contributed by atoms with Gasteiger partial charge < -0.3 is 19.3 Å². The number of rotatable bonds is 8. The number of carbonyl (C=O) groups excluding carboxylic acids is 1. The maximum absolute atomic E-state index is 12.6. The molecule has 25 heavy (non-hydrogen) atoms. The zero-order chi connectivity index (χ0) is 18.4. The third-order valence-electron chi connectivity index (χ3n) is 3.67. The Morgan fingerprint density at radius 1 is 1.32 bits per heavy atom. The maximum Gasteiger partial charge on any atom is 0.264 e. The van der Waals surface area contributed by atoms with Crippen LogP contribution in [0.2, 0.25) is 0 Å². The first-order chi connectivity index (χ1) is 11.8. The molecule has 0 spiro atoms. The van der Waals surface area contributed by atoms with Gasteiger partial charge in [0.1, 0.15) is 11.8 Å². The first kappa shape index (κ1) is 18.9. The molecule has 0 saturated heterocycles. The van der Waals surface area contributed by atoms with Crippen LogP contribution in [0.5, 0.6) is 5.75 Å². The number of carbonyl (C=O) groups is 1. The topological polar surface area (TPSA) is 86.5 Å². The van der Waals surface area contributed by atoms with E-state index in [1.165, 1.54) is 0 Å². The molecule has 0 radical (unpaired) electrons. The summed E-state index contributed by atoms with van der Waals surface area (Å²) in [6, 6.07) is 7.14. The molecule has 0 unspecified atom stereocenters. The number of nitrogens with zero attached hydrogens (tertiary/aromatic N) is 2. The van der Waals surface area contributed by atoms with E-state index in [0.29, 0.717) is 30.5 Å². The zero-order valence-electron chi connectivity index (χ0n) is 15.3. The average molecular weight is 347 g/mol. The Hall–Kier alpha value is -2.41. The van der Waals surface area contributed by atoms with Gasteiger partial charge in [0.15, 0.2) is 11.4 Å². The SMILES string of the molecule is COCCc1noc([C@@H](C)NC(=O)C(C)(C)Oc2ccc(C)cc2)n1. The average Bonchev–Trinajstić information content (AvgIpc) is 3.04. The summed E-state index contributed by atoms with van der Waals surface area (Å²) >= 11 is 0. The molecule has 1 heterocycles. The summed E-state index contributed by atoms with van der Waals surface area (Å²) in [6.45, 7) is 7.72. The van der Waals surface area contributed by atoms with Gasteiger partial charge in [-0.15, -0.1) is 0 Å². The Balaban J connectivity index is 1.96. The molecule has 2 aromatic rings. The minimum Gasteiger partial charge on any atom is -0.478 e. The number of aromatic nitrogens is 2. The van der Waals surface area contributed by atoms with Crippen molar-refractivity contribution in [3.63, 3.8) is 0 Å². The summed E-state index contributed by atoms with van der Waals surface area (Å²) in [6.07, 6.45) is 0.558. The van der Waals surface area contributed by atoms with Gasteiger partial charge >= 0.3 is 0 Å². The van der Waals surface area contributed by atoms with E-state index in [-0.39, 0.29) is 5.91 Å². The van der Waals surface area contributed by atoms with E-state index in [1.54, 1.807) is 27.9 Å². The summed E-state index contributed by atoms with van der Waals surface area (Å²) in [5.41, 5.74) is 0.0893. The second-order valence-corrected chi connectivity index (χ2v) is 6.41. The molecular formula is C18H25N3O4. The van der Waals surface area contributed by atoms with Crippen molar-refractivity contribution in [2.45, 2.75) is 45.8 Å². The lowest BCUT2D eigenvalue weighted by Crippen LogP contribution is -2.47. The van der Waals surface area contributed by atoms with Crippen LogP contribution in [0.4, 0.5) is 0 Å². The highest BCUT2D eigenvalue weighted by molar-refractivity contribution is 5.84. The van der Waals surface area contributed by atoms with Crippen LogP contribution in [0.3, 0.4) is 0 Å². The van der Waals surface area contributed by atoms with E-state index < -0.39 is 11.6 Å². The monoisotopic (exact) mass is 347 g/mol. The van der Waals surface area contributed by atoms with Gasteiger partial charge in [-0.25, -0.2) is 0 Å². The molecule has 7 nitrogen and oxygen atoms in total. The predicted molar refractivity (Wildman–Crippen MR) is 92.3 cm³/mol. The number of methoxy groups -OCH3 is 1. The fourth-order valence-electron chi connectivity index (χ4n) is 2.12. The minimum atomic E-state index is -1.04. The third-order valence-corrected chi connectivity index (χ3v) is 3.67. The van der Waals surface area contributed by atoms with E-state index >= 15 is 0 Å². The lowest BCUT2D eigenvalue weighted by molar-refractivity contribution is -0.135. The van der Waals surface area contributed by atoms with E-state index in [1.807, 2.05) is 31.2 Å². The van der Waals surface area contributed by atoms with Crippen LogP contribution in [0.25, 0.3) is 0 Å². The van der Waals surface area contributed by atoms with Gasteiger partial charge in [-0.3, -0.25) is 4.79 Å². The molecule has 0 aliphatic heterocycles. The predicted octanol–water partition coefficient (Wildman–Crippen LogP) is 2.60. The number of aryl methyl sites for hydroxylation is 1. The highest BCUT2D eigenvalue weighted by atomic mass is 16.5. The van der Waals surface area contributed by atoms with E-state index in [4.69, 9.17) is 14.0 Å².